The number of nitrogens with two attached hydrogens (primary N) is 1. The molecule has 2 aromatic heterocycles. The van der Waals surface area contributed by atoms with E-state index in [9.17, 15) is 10.1 Å². The Bertz CT molecular complexity index is 572. The highest BCUT2D eigenvalue weighted by Gasteiger charge is 2.25. The minimum absolute atomic E-state index is 0.111. The van der Waals surface area contributed by atoms with Gasteiger partial charge in [-0.05, 0) is 18.4 Å². The van der Waals surface area contributed by atoms with E-state index in [1.807, 2.05) is 29.3 Å². The molecule has 2 heterocycles. The molecule has 0 unspecified atom stereocenters. The fourth-order valence-electron chi connectivity index (χ4n) is 1.72. The first-order valence-electron chi connectivity index (χ1n) is 5.65. The summed E-state index contributed by atoms with van der Waals surface area (Å²) >= 11 is 1.59. The van der Waals surface area contributed by atoms with Gasteiger partial charge in [0, 0.05) is 11.4 Å². The molecule has 100 valence electrons. The first kappa shape index (κ1) is 13.2. The normalized spacial score (nSPS) is 10.4. The van der Waals surface area contributed by atoms with Crippen molar-refractivity contribution in [2.24, 2.45) is 0 Å². The van der Waals surface area contributed by atoms with Crippen molar-refractivity contribution in [3.63, 3.8) is 0 Å². The lowest BCUT2D eigenvalue weighted by Gasteiger charge is -2.20. The van der Waals surface area contributed by atoms with Gasteiger partial charge < -0.3 is 10.6 Å². The smallest absolute Gasteiger partial charge is 0.353 e. The van der Waals surface area contributed by atoms with Crippen LogP contribution in [0.25, 0.3) is 0 Å². The van der Waals surface area contributed by atoms with Gasteiger partial charge in [-0.25, -0.2) is 9.97 Å². The van der Waals surface area contributed by atoms with Crippen molar-refractivity contribution < 1.29 is 4.92 Å². The van der Waals surface area contributed by atoms with Crippen LogP contribution >= 0.6 is 11.3 Å². The molecular formula is C11H13N5O2S. The second-order valence-corrected chi connectivity index (χ2v) is 4.81. The molecule has 0 aromatic carbocycles. The Kier molecular flexibility index (Phi) is 3.91. The van der Waals surface area contributed by atoms with Crippen LogP contribution in [-0.2, 0) is 6.54 Å². The number of anilines is 2. The number of nitrogen functional groups attached to an aromatic ring is 1. The zero-order valence-corrected chi connectivity index (χ0v) is 11.1. The quantitative estimate of drug-likeness (QED) is 0.664. The summed E-state index contributed by atoms with van der Waals surface area (Å²) in [6.07, 6.45) is 1.24. The Morgan fingerprint density at radius 1 is 1.53 bits per heavy atom. The van der Waals surface area contributed by atoms with Gasteiger partial charge in [0.05, 0.1) is 11.5 Å². The van der Waals surface area contributed by atoms with Crippen molar-refractivity contribution in [2.75, 3.05) is 17.2 Å². The number of hydrogen-bond acceptors (Lipinski definition) is 7. The van der Waals surface area contributed by atoms with Gasteiger partial charge in [0.15, 0.2) is 0 Å². The summed E-state index contributed by atoms with van der Waals surface area (Å²) < 4.78 is 0. The highest BCUT2D eigenvalue weighted by Crippen LogP contribution is 2.30. The summed E-state index contributed by atoms with van der Waals surface area (Å²) in [6, 6.07) is 3.92. The van der Waals surface area contributed by atoms with Crippen molar-refractivity contribution in [2.45, 2.75) is 13.5 Å². The van der Waals surface area contributed by atoms with Gasteiger partial charge >= 0.3 is 5.69 Å². The molecule has 19 heavy (non-hydrogen) atoms. The maximum Gasteiger partial charge on any atom is 0.353 e. The lowest BCUT2D eigenvalue weighted by molar-refractivity contribution is -0.383. The van der Waals surface area contributed by atoms with Crippen LogP contribution in [0.3, 0.4) is 0 Å². The Morgan fingerprint density at radius 2 is 2.32 bits per heavy atom. The number of nitro groups is 1. The highest BCUT2D eigenvalue weighted by atomic mass is 32.1. The Morgan fingerprint density at radius 3 is 2.89 bits per heavy atom. The largest absolute Gasteiger partial charge is 0.378 e. The van der Waals surface area contributed by atoms with Crippen LogP contribution in [0, 0.1) is 10.1 Å². The Labute approximate surface area is 113 Å². The van der Waals surface area contributed by atoms with Gasteiger partial charge in [0.1, 0.15) is 6.33 Å². The van der Waals surface area contributed by atoms with Crippen molar-refractivity contribution in [1.82, 2.24) is 9.97 Å². The van der Waals surface area contributed by atoms with Crippen molar-refractivity contribution in [3.05, 3.63) is 38.8 Å². The van der Waals surface area contributed by atoms with Crippen LogP contribution in [0.5, 0.6) is 0 Å². The SMILES string of the molecule is CCN(Cc1cccs1)c1ncnc(N)c1[N+](=O)[O-]. The summed E-state index contributed by atoms with van der Waals surface area (Å²) in [5, 5.41) is 13.1. The zero-order valence-electron chi connectivity index (χ0n) is 10.3. The van der Waals surface area contributed by atoms with Crippen LogP contribution in [0.2, 0.25) is 0 Å². The molecule has 0 atom stereocenters. The average molecular weight is 279 g/mol. The number of thiophene rings is 1. The van der Waals surface area contributed by atoms with Crippen LogP contribution in [0.15, 0.2) is 23.8 Å². The molecule has 0 bridgehead atoms. The summed E-state index contributed by atoms with van der Waals surface area (Å²) in [6.45, 7) is 3.07. The number of aromatic nitrogens is 2. The number of rotatable bonds is 5. The van der Waals surface area contributed by atoms with E-state index in [4.69, 9.17) is 5.73 Å². The van der Waals surface area contributed by atoms with Gasteiger partial charge in [-0.15, -0.1) is 11.3 Å². The number of hydrogen-bond donors (Lipinski definition) is 1. The molecule has 0 fully saturated rings. The maximum atomic E-state index is 11.1. The first-order valence-corrected chi connectivity index (χ1v) is 6.53. The lowest BCUT2D eigenvalue weighted by Crippen LogP contribution is -2.24. The molecule has 7 nitrogen and oxygen atoms in total. The van der Waals surface area contributed by atoms with Crippen molar-refractivity contribution in [1.29, 1.82) is 0 Å². The van der Waals surface area contributed by atoms with Crippen LogP contribution in [-0.4, -0.2) is 21.4 Å². The third-order valence-electron chi connectivity index (χ3n) is 2.62. The Hall–Kier alpha value is -2.22. The molecule has 0 radical (unpaired) electrons. The van der Waals surface area contributed by atoms with Crippen molar-refractivity contribution in [3.8, 4) is 0 Å². The van der Waals surface area contributed by atoms with Gasteiger partial charge in [-0.1, -0.05) is 6.07 Å². The van der Waals surface area contributed by atoms with E-state index in [1.54, 1.807) is 11.3 Å². The van der Waals surface area contributed by atoms with Gasteiger partial charge in [0.2, 0.25) is 11.6 Å². The second-order valence-electron chi connectivity index (χ2n) is 3.78. The summed E-state index contributed by atoms with van der Waals surface area (Å²) in [4.78, 5) is 21.1. The van der Waals surface area contributed by atoms with E-state index in [0.717, 1.165) is 4.88 Å². The fraction of sp³-hybridized carbons (Fsp3) is 0.273. The fourth-order valence-corrected chi connectivity index (χ4v) is 2.44. The van der Waals surface area contributed by atoms with E-state index >= 15 is 0 Å². The molecule has 2 N–H and O–H groups in total. The van der Waals surface area contributed by atoms with Gasteiger partial charge in [-0.3, -0.25) is 10.1 Å². The molecule has 0 saturated heterocycles. The molecule has 2 aromatic rings. The van der Waals surface area contributed by atoms with E-state index in [1.165, 1.54) is 6.33 Å². The molecule has 0 aliphatic rings. The van der Waals surface area contributed by atoms with Crippen molar-refractivity contribution >= 4 is 28.7 Å². The third kappa shape index (κ3) is 2.79. The molecule has 0 aliphatic carbocycles. The third-order valence-corrected chi connectivity index (χ3v) is 3.48. The minimum Gasteiger partial charge on any atom is -0.378 e. The van der Waals surface area contributed by atoms with E-state index in [2.05, 4.69) is 9.97 Å². The maximum absolute atomic E-state index is 11.1. The van der Waals surface area contributed by atoms with E-state index in [0.29, 0.717) is 13.1 Å². The highest BCUT2D eigenvalue weighted by molar-refractivity contribution is 7.09. The monoisotopic (exact) mass is 279 g/mol. The van der Waals surface area contributed by atoms with Gasteiger partial charge in [-0.2, -0.15) is 0 Å². The van der Waals surface area contributed by atoms with Crippen LogP contribution < -0.4 is 10.6 Å². The molecule has 0 saturated carbocycles. The van der Waals surface area contributed by atoms with Gasteiger partial charge in [0.25, 0.3) is 0 Å². The predicted octanol–water partition coefficient (Wildman–Crippen LogP) is 2.06. The lowest BCUT2D eigenvalue weighted by atomic mass is 10.3. The minimum atomic E-state index is -0.540. The zero-order chi connectivity index (χ0) is 13.8. The predicted molar refractivity (Wildman–Crippen MR) is 74.1 cm³/mol. The van der Waals surface area contributed by atoms with Crippen LogP contribution in [0.4, 0.5) is 17.3 Å². The first-order chi connectivity index (χ1) is 9.13. The molecular weight excluding hydrogens is 266 g/mol. The second kappa shape index (κ2) is 5.61. The molecule has 0 amide bonds. The molecule has 8 heteroatoms. The summed E-state index contributed by atoms with van der Waals surface area (Å²) in [5.74, 6) is 0.146. The molecule has 2 rings (SSSR count). The molecule has 0 aliphatic heterocycles. The van der Waals surface area contributed by atoms with Crippen LogP contribution in [0.1, 0.15) is 11.8 Å². The average Bonchev–Trinajstić information content (AvgIpc) is 2.88. The standard InChI is InChI=1S/C11H13N5O2S/c1-2-15(6-8-4-3-5-19-8)11-9(16(17)18)10(12)13-7-14-11/h3-5,7H,2,6H2,1H3,(H2,12,13,14). The van der Waals surface area contributed by atoms with E-state index in [-0.39, 0.29) is 17.3 Å². The summed E-state index contributed by atoms with van der Waals surface area (Å²) in [7, 11) is 0. The van der Waals surface area contributed by atoms with E-state index < -0.39 is 4.92 Å². The number of nitrogens with zero attached hydrogens (tertiary/aromatic N) is 4. The summed E-state index contributed by atoms with van der Waals surface area (Å²) in [5.41, 5.74) is 5.34. The topological polar surface area (TPSA) is 98.2 Å². The Balaban J connectivity index is 2.38. The molecule has 0 spiro atoms.